The minimum absolute atomic E-state index is 0.0586. The van der Waals surface area contributed by atoms with Crippen molar-refractivity contribution in [2.24, 2.45) is 0 Å². The van der Waals surface area contributed by atoms with E-state index in [1.54, 1.807) is 12.1 Å². The first-order valence-corrected chi connectivity index (χ1v) is 13.1. The molecular weight excluding hydrogens is 559 g/mol. The summed E-state index contributed by atoms with van der Waals surface area (Å²) in [5.74, 6) is -2.73. The molecule has 0 aliphatic heterocycles. The lowest BCUT2D eigenvalue weighted by Crippen LogP contribution is -2.50. The van der Waals surface area contributed by atoms with Crippen LogP contribution in [-0.4, -0.2) is 46.6 Å². The number of aromatic hydroxyl groups is 1. The smallest absolute Gasteiger partial charge is 0.328 e. The summed E-state index contributed by atoms with van der Waals surface area (Å²) in [7, 11) is 0. The fourth-order valence-corrected chi connectivity index (χ4v) is 5.07. The van der Waals surface area contributed by atoms with Gasteiger partial charge < -0.3 is 31.5 Å². The molecule has 3 aromatic rings. The highest BCUT2D eigenvalue weighted by Crippen LogP contribution is 2.30. The minimum atomic E-state index is -1.48. The van der Waals surface area contributed by atoms with Crippen molar-refractivity contribution in [1.82, 2.24) is 21.3 Å². The van der Waals surface area contributed by atoms with Crippen LogP contribution >= 0.6 is 23.2 Å². The van der Waals surface area contributed by atoms with Gasteiger partial charge >= 0.3 is 12.0 Å². The molecule has 1 aliphatic rings. The van der Waals surface area contributed by atoms with E-state index in [1.165, 1.54) is 24.3 Å². The van der Waals surface area contributed by atoms with E-state index in [0.717, 1.165) is 24.0 Å². The van der Waals surface area contributed by atoms with Crippen molar-refractivity contribution in [3.05, 3.63) is 98.5 Å². The number of fused-ring (bicyclic) bond motifs is 1. The summed E-state index contributed by atoms with van der Waals surface area (Å²) in [5.41, 5.74) is 2.69. The largest absolute Gasteiger partial charge is 0.508 e. The Bertz CT molecular complexity index is 1440. The second-order valence-corrected chi connectivity index (χ2v) is 9.99. The Morgan fingerprint density at radius 1 is 0.925 bits per heavy atom. The van der Waals surface area contributed by atoms with Gasteiger partial charge in [-0.1, -0.05) is 59.6 Å². The Balaban J connectivity index is 1.35. The molecule has 4 rings (SSSR count). The van der Waals surface area contributed by atoms with Crippen LogP contribution in [-0.2, 0) is 17.8 Å². The highest BCUT2D eigenvalue weighted by Gasteiger charge is 2.27. The fourth-order valence-electron chi connectivity index (χ4n) is 4.41. The van der Waals surface area contributed by atoms with Crippen molar-refractivity contribution in [2.75, 3.05) is 6.54 Å². The van der Waals surface area contributed by atoms with Gasteiger partial charge in [-0.25, -0.2) is 9.59 Å². The van der Waals surface area contributed by atoms with Crippen LogP contribution in [0.2, 0.25) is 10.0 Å². The van der Waals surface area contributed by atoms with Crippen LogP contribution < -0.4 is 21.3 Å². The molecule has 0 saturated heterocycles. The van der Waals surface area contributed by atoms with Crippen LogP contribution in [0.4, 0.5) is 4.79 Å². The summed E-state index contributed by atoms with van der Waals surface area (Å²) in [6.45, 7) is -0.273. The van der Waals surface area contributed by atoms with Gasteiger partial charge in [-0.05, 0) is 53.8 Å². The predicted molar refractivity (Wildman–Crippen MR) is 149 cm³/mol. The number of aliphatic carboxylic acids is 1. The molecule has 2 atom stereocenters. The molecular formula is C28H26Cl2N4O6. The van der Waals surface area contributed by atoms with E-state index in [2.05, 4.69) is 21.3 Å². The monoisotopic (exact) mass is 584 g/mol. The van der Waals surface area contributed by atoms with Crippen molar-refractivity contribution < 1.29 is 29.4 Å². The highest BCUT2D eigenvalue weighted by molar-refractivity contribution is 6.40. The molecule has 208 valence electrons. The summed E-state index contributed by atoms with van der Waals surface area (Å²) < 4.78 is 0. The van der Waals surface area contributed by atoms with Gasteiger partial charge in [0.2, 0.25) is 0 Å². The summed E-state index contributed by atoms with van der Waals surface area (Å²) in [5, 5.41) is 29.1. The van der Waals surface area contributed by atoms with Crippen LogP contribution in [0.25, 0.3) is 0 Å². The zero-order chi connectivity index (χ0) is 28.8. The third-order valence-corrected chi connectivity index (χ3v) is 7.00. The Labute approximate surface area is 239 Å². The minimum Gasteiger partial charge on any atom is -0.508 e. The van der Waals surface area contributed by atoms with Gasteiger partial charge in [0.05, 0.1) is 28.2 Å². The third kappa shape index (κ3) is 7.02. The summed E-state index contributed by atoms with van der Waals surface area (Å²) in [4.78, 5) is 49.7. The number of halogens is 2. The van der Waals surface area contributed by atoms with E-state index in [-0.39, 0.29) is 39.5 Å². The fraction of sp³-hybridized carbons (Fsp3) is 0.214. The van der Waals surface area contributed by atoms with Crippen molar-refractivity contribution in [3.8, 4) is 5.75 Å². The first-order valence-electron chi connectivity index (χ1n) is 12.3. The van der Waals surface area contributed by atoms with Crippen molar-refractivity contribution in [1.29, 1.82) is 0 Å². The number of hydrogen-bond donors (Lipinski definition) is 6. The van der Waals surface area contributed by atoms with Gasteiger partial charge in [0.1, 0.15) is 11.8 Å². The molecule has 40 heavy (non-hydrogen) atoms. The Morgan fingerprint density at radius 2 is 1.65 bits per heavy atom. The SMILES string of the molecule is O=C(NC[C@H](NC(=O)c1c(Cl)cc(C(=O)NCc2cccc(O)c2)cc1Cl)C(=O)O)N[C@@H]1CCc2ccccc21. The summed E-state index contributed by atoms with van der Waals surface area (Å²) >= 11 is 12.5. The zero-order valence-electron chi connectivity index (χ0n) is 21.0. The number of phenolic OH excluding ortho intramolecular Hbond substituents is 1. The molecule has 0 radical (unpaired) electrons. The zero-order valence-corrected chi connectivity index (χ0v) is 22.6. The quantitative estimate of drug-likeness (QED) is 0.224. The van der Waals surface area contributed by atoms with E-state index < -0.39 is 36.4 Å². The number of carboxylic acids is 1. The average molecular weight is 585 g/mol. The normalized spacial score (nSPS) is 14.5. The van der Waals surface area contributed by atoms with E-state index in [9.17, 15) is 29.4 Å². The molecule has 0 spiro atoms. The summed E-state index contributed by atoms with van der Waals surface area (Å²) in [6, 6.07) is 14.3. The standard InChI is InChI=1S/C28H26Cl2N4O6/c29-20-11-17(25(36)31-13-15-4-3-6-18(35)10-15)12-21(30)24(20)26(37)33-23(27(38)39)14-32-28(40)34-22-9-8-16-5-1-2-7-19(16)22/h1-7,10-12,22-23,35H,8-9,13-14H2,(H,31,36)(H,33,37)(H,38,39)(H2,32,34,40)/t22-,23+/m1/s1. The van der Waals surface area contributed by atoms with Crippen LogP contribution in [0, 0.1) is 0 Å². The van der Waals surface area contributed by atoms with E-state index in [0.29, 0.717) is 5.56 Å². The molecule has 0 saturated carbocycles. The Kier molecular flexibility index (Phi) is 9.13. The first-order chi connectivity index (χ1) is 19.1. The average Bonchev–Trinajstić information content (AvgIpc) is 3.31. The number of amides is 4. The molecule has 4 amide bonds. The topological polar surface area (TPSA) is 157 Å². The lowest BCUT2D eigenvalue weighted by atomic mass is 10.1. The molecule has 0 fully saturated rings. The van der Waals surface area contributed by atoms with Crippen molar-refractivity contribution >= 4 is 47.0 Å². The van der Waals surface area contributed by atoms with Crippen LogP contribution in [0.1, 0.15) is 49.9 Å². The second-order valence-electron chi connectivity index (χ2n) is 9.18. The van der Waals surface area contributed by atoms with Gasteiger partial charge in [-0.3, -0.25) is 9.59 Å². The first kappa shape index (κ1) is 28.7. The van der Waals surface area contributed by atoms with Crippen LogP contribution in [0.5, 0.6) is 5.75 Å². The van der Waals surface area contributed by atoms with E-state index in [4.69, 9.17) is 23.2 Å². The maximum atomic E-state index is 12.9. The number of carbonyl (C=O) groups is 4. The van der Waals surface area contributed by atoms with Gasteiger partial charge in [-0.15, -0.1) is 0 Å². The maximum Gasteiger partial charge on any atom is 0.328 e. The summed E-state index contributed by atoms with van der Waals surface area (Å²) in [6.07, 6.45) is 1.56. The Morgan fingerprint density at radius 3 is 2.35 bits per heavy atom. The molecule has 6 N–H and O–H groups in total. The predicted octanol–water partition coefficient (Wildman–Crippen LogP) is 3.80. The number of nitrogens with one attached hydrogen (secondary N) is 4. The van der Waals surface area contributed by atoms with E-state index in [1.807, 2.05) is 24.3 Å². The molecule has 3 aromatic carbocycles. The van der Waals surface area contributed by atoms with Gasteiger partial charge in [0.25, 0.3) is 11.8 Å². The van der Waals surface area contributed by atoms with Crippen LogP contribution in [0.15, 0.2) is 60.7 Å². The molecule has 0 unspecified atom stereocenters. The number of rotatable bonds is 9. The second kappa shape index (κ2) is 12.7. The van der Waals surface area contributed by atoms with Crippen LogP contribution in [0.3, 0.4) is 0 Å². The lowest BCUT2D eigenvalue weighted by Gasteiger charge is -2.19. The number of urea groups is 1. The maximum absolute atomic E-state index is 12.9. The van der Waals surface area contributed by atoms with E-state index >= 15 is 0 Å². The number of aryl methyl sites for hydroxylation is 1. The molecule has 1 aliphatic carbocycles. The molecule has 10 nitrogen and oxygen atoms in total. The molecule has 12 heteroatoms. The number of carbonyl (C=O) groups excluding carboxylic acids is 3. The Hall–Kier alpha value is -4.28. The molecule has 0 bridgehead atoms. The number of carboxylic acid groups (broad SMARTS) is 1. The lowest BCUT2D eigenvalue weighted by molar-refractivity contribution is -0.139. The number of benzene rings is 3. The van der Waals surface area contributed by atoms with Gasteiger partial charge in [-0.2, -0.15) is 0 Å². The molecule has 0 heterocycles. The third-order valence-electron chi connectivity index (χ3n) is 6.40. The van der Waals surface area contributed by atoms with Gasteiger partial charge in [0.15, 0.2) is 0 Å². The van der Waals surface area contributed by atoms with Crippen molar-refractivity contribution in [2.45, 2.75) is 31.5 Å². The van der Waals surface area contributed by atoms with Gasteiger partial charge in [0, 0.05) is 12.1 Å². The molecule has 0 aromatic heterocycles. The number of hydrogen-bond acceptors (Lipinski definition) is 5. The number of phenols is 1. The highest BCUT2D eigenvalue weighted by atomic mass is 35.5. The van der Waals surface area contributed by atoms with Crippen molar-refractivity contribution in [3.63, 3.8) is 0 Å².